The van der Waals surface area contributed by atoms with Gasteiger partial charge >= 0.3 is 0 Å². The van der Waals surface area contributed by atoms with Crippen molar-refractivity contribution in [3.05, 3.63) is 40.5 Å². The molecule has 0 aliphatic carbocycles. The molecule has 0 aromatic rings. The van der Waals surface area contributed by atoms with Gasteiger partial charge in [0.15, 0.2) is 0 Å². The first-order chi connectivity index (χ1) is 17.0. The number of nitrogens with zero attached hydrogens (tertiary/aromatic N) is 5. The number of nitrogens with two attached hydrogens (primary N) is 1. The lowest BCUT2D eigenvalue weighted by Crippen LogP contribution is -2.43. The van der Waals surface area contributed by atoms with E-state index < -0.39 is 70.8 Å². The van der Waals surface area contributed by atoms with Crippen molar-refractivity contribution in [2.24, 2.45) is 16.7 Å². The van der Waals surface area contributed by atoms with Crippen molar-refractivity contribution >= 4 is 21.6 Å². The zero-order valence-electron chi connectivity index (χ0n) is 17.6. The molecule has 1 heterocycles. The van der Waals surface area contributed by atoms with Crippen LogP contribution in [-0.2, 0) is 49.1 Å². The van der Waals surface area contributed by atoms with Crippen LogP contribution in [0.1, 0.15) is 0 Å². The summed E-state index contributed by atoms with van der Waals surface area (Å²) in [6, 6.07) is 0. The average Bonchev–Trinajstić information content (AvgIpc) is 2.82. The third-order valence-corrected chi connectivity index (χ3v) is 6.64. The van der Waals surface area contributed by atoms with Crippen LogP contribution in [0, 0.1) is 51.3 Å². The highest BCUT2D eigenvalue weighted by Crippen LogP contribution is 2.37. The van der Waals surface area contributed by atoms with Crippen molar-refractivity contribution in [3.8, 4) is 0 Å². The zero-order chi connectivity index (χ0) is 27.0. The molecule has 0 spiro atoms. The molecule has 26 heteroatoms. The molecule has 1 saturated heterocycles. The first kappa shape index (κ1) is 31.2. The highest BCUT2D eigenvalue weighted by Gasteiger charge is 2.39. The first-order valence-electron chi connectivity index (χ1n) is 8.78. The van der Waals surface area contributed by atoms with Gasteiger partial charge in [0.1, 0.15) is 31.8 Å². The molecule has 0 aromatic carbocycles. The van der Waals surface area contributed by atoms with E-state index in [2.05, 4.69) is 39.4 Å². The van der Waals surface area contributed by atoms with Gasteiger partial charge in [0.2, 0.25) is 0 Å². The molecule has 1 rings (SSSR count). The van der Waals surface area contributed by atoms with Gasteiger partial charge in [-0.25, -0.2) is 9.73 Å². The van der Waals surface area contributed by atoms with Crippen LogP contribution in [0.15, 0.2) is 0 Å². The lowest BCUT2D eigenvalue weighted by atomic mass is 9.94. The van der Waals surface area contributed by atoms with Gasteiger partial charge in [0.05, 0.1) is 24.0 Å². The lowest BCUT2D eigenvalue weighted by molar-refractivity contribution is -0.775. The Morgan fingerprint density at radius 2 is 1.19 bits per heavy atom. The van der Waals surface area contributed by atoms with E-state index in [0.717, 1.165) is 21.6 Å². The van der Waals surface area contributed by atoms with Gasteiger partial charge in [-0.3, -0.25) is 0 Å². The SMILES string of the molecule is NOON1OCC(CO[N+](=O)[O-])(CO[N+](=O)[O-])CSSCC(CO[N+](=O)[O-])(CO[N+](=O)[O-])COOO1. The molecule has 0 radical (unpaired) electrons. The Balaban J connectivity index is 3.20. The van der Waals surface area contributed by atoms with Crippen molar-refractivity contribution in [2.45, 2.75) is 0 Å². The maximum absolute atomic E-state index is 10.7. The zero-order valence-corrected chi connectivity index (χ0v) is 19.3. The van der Waals surface area contributed by atoms with E-state index >= 15 is 0 Å². The predicted octanol–water partition coefficient (Wildman–Crippen LogP) is -1.05. The van der Waals surface area contributed by atoms with Gasteiger partial charge in [-0.15, -0.1) is 45.4 Å². The Kier molecular flexibility index (Phi) is 13.9. The minimum atomic E-state index is -1.66. The molecule has 0 bridgehead atoms. The van der Waals surface area contributed by atoms with Crippen LogP contribution in [0.2, 0.25) is 0 Å². The van der Waals surface area contributed by atoms with Crippen molar-refractivity contribution in [1.29, 1.82) is 0 Å². The maximum Gasteiger partial charge on any atom is 0.294 e. The summed E-state index contributed by atoms with van der Waals surface area (Å²) >= 11 is 0. The van der Waals surface area contributed by atoms with Gasteiger partial charge in [-0.1, -0.05) is 31.6 Å². The number of hydrogen-bond acceptors (Lipinski definition) is 22. The molecule has 0 aromatic heterocycles. The van der Waals surface area contributed by atoms with Crippen molar-refractivity contribution in [1.82, 2.24) is 5.39 Å². The van der Waals surface area contributed by atoms with Crippen LogP contribution >= 0.6 is 21.6 Å². The van der Waals surface area contributed by atoms with E-state index in [4.69, 9.17) is 15.6 Å². The second-order valence-corrected chi connectivity index (χ2v) is 9.05. The van der Waals surface area contributed by atoms with Crippen molar-refractivity contribution in [3.63, 3.8) is 0 Å². The van der Waals surface area contributed by atoms with E-state index in [0.29, 0.717) is 0 Å². The molecule has 0 amide bonds. The van der Waals surface area contributed by atoms with E-state index in [1.165, 1.54) is 0 Å². The topological polar surface area (TPSA) is 294 Å². The Morgan fingerprint density at radius 3 is 1.58 bits per heavy atom. The standard InChI is InChI=1S/C10H18N6O18S2/c11-31-32-16-29-5-9(1-25-12(17)18,2-26-13(19)20)7-35-36-8-10(3-27-14(21)22,4-28-15(23)24)6-30-34-33-16/h1-8,11H2. The van der Waals surface area contributed by atoms with Crippen LogP contribution in [0.5, 0.6) is 0 Å². The predicted molar refractivity (Wildman–Crippen MR) is 104 cm³/mol. The molecule has 1 aliphatic heterocycles. The molecule has 0 atom stereocenters. The fourth-order valence-electron chi connectivity index (χ4n) is 2.07. The molecule has 2 N–H and O–H groups in total. The summed E-state index contributed by atoms with van der Waals surface area (Å²) in [5.74, 6) is 4.28. The van der Waals surface area contributed by atoms with Crippen LogP contribution in [-0.4, -0.2) is 76.9 Å². The third kappa shape index (κ3) is 12.8. The minimum absolute atomic E-state index is 0.0779. The molecule has 1 aliphatic rings. The molecule has 0 saturated carbocycles. The highest BCUT2D eigenvalue weighted by molar-refractivity contribution is 8.76. The van der Waals surface area contributed by atoms with Gasteiger partial charge in [-0.2, -0.15) is 5.90 Å². The maximum atomic E-state index is 10.7. The van der Waals surface area contributed by atoms with Crippen LogP contribution < -0.4 is 5.90 Å². The van der Waals surface area contributed by atoms with Gasteiger partial charge < -0.3 is 19.4 Å². The second kappa shape index (κ2) is 16.0. The largest absolute Gasteiger partial charge is 0.313 e. The summed E-state index contributed by atoms with van der Waals surface area (Å²) in [5, 5.41) is 42.4. The smallest absolute Gasteiger partial charge is 0.294 e. The normalized spacial score (nSPS) is 18.9. The van der Waals surface area contributed by atoms with Crippen LogP contribution in [0.4, 0.5) is 0 Å². The molecule has 36 heavy (non-hydrogen) atoms. The summed E-state index contributed by atoms with van der Waals surface area (Å²) in [5.41, 5.74) is -3.28. The molecule has 1 fully saturated rings. The monoisotopic (exact) mass is 574 g/mol. The molecule has 0 unspecified atom stereocenters. The summed E-state index contributed by atoms with van der Waals surface area (Å²) < 4.78 is 0. The van der Waals surface area contributed by atoms with Crippen LogP contribution in [0.25, 0.3) is 0 Å². The van der Waals surface area contributed by atoms with Gasteiger partial charge in [0, 0.05) is 11.5 Å². The molecular formula is C10H18N6O18S2. The lowest BCUT2D eigenvalue weighted by Gasteiger charge is -2.32. The fraction of sp³-hybridized carbons (Fsp3) is 1.00. The second-order valence-electron chi connectivity index (χ2n) is 6.59. The highest BCUT2D eigenvalue weighted by atomic mass is 33.1. The fourth-order valence-corrected chi connectivity index (χ4v) is 5.23. The molecular weight excluding hydrogens is 556 g/mol. The van der Waals surface area contributed by atoms with Crippen molar-refractivity contribution < 1.29 is 69.4 Å². The van der Waals surface area contributed by atoms with Gasteiger partial charge in [-0.05, 0) is 5.04 Å². The quantitative estimate of drug-likeness (QED) is 0.112. The minimum Gasteiger partial charge on any atom is -0.313 e. The van der Waals surface area contributed by atoms with E-state index in [-0.39, 0.29) is 16.9 Å². The molecule has 24 nitrogen and oxygen atoms in total. The van der Waals surface area contributed by atoms with Gasteiger partial charge in [0.25, 0.3) is 20.3 Å². The van der Waals surface area contributed by atoms with Crippen LogP contribution in [0.3, 0.4) is 0 Å². The number of rotatable bonds is 14. The number of hydrogen-bond donors (Lipinski definition) is 1. The van der Waals surface area contributed by atoms with Crippen molar-refractivity contribution in [2.75, 3.05) is 51.1 Å². The summed E-state index contributed by atoms with van der Waals surface area (Å²) in [6.07, 6.45) is 0. The summed E-state index contributed by atoms with van der Waals surface area (Å²) in [7, 11) is 1.80. The van der Waals surface area contributed by atoms with E-state index in [1.807, 2.05) is 0 Å². The average molecular weight is 574 g/mol. The van der Waals surface area contributed by atoms with E-state index in [9.17, 15) is 40.5 Å². The summed E-state index contributed by atoms with van der Waals surface area (Å²) in [6.45, 7) is -4.55. The Hall–Kier alpha value is -2.82. The Morgan fingerprint density at radius 1 is 0.778 bits per heavy atom. The summed E-state index contributed by atoms with van der Waals surface area (Å²) in [4.78, 5) is 82.5. The van der Waals surface area contributed by atoms with E-state index in [1.54, 1.807) is 0 Å². The first-order valence-corrected chi connectivity index (χ1v) is 11.3. The Bertz CT molecular complexity index is 698. The Labute approximate surface area is 205 Å². The molecule has 208 valence electrons. The third-order valence-electron chi connectivity index (χ3n) is 3.80.